The lowest BCUT2D eigenvalue weighted by atomic mass is 10.1. The Kier molecular flexibility index (Phi) is 4.57. The van der Waals surface area contributed by atoms with Crippen LogP contribution in [0, 0.1) is 10.1 Å². The number of halogens is 1. The molecule has 0 saturated carbocycles. The van der Waals surface area contributed by atoms with Crippen molar-refractivity contribution in [2.45, 2.75) is 0 Å². The van der Waals surface area contributed by atoms with E-state index in [4.69, 9.17) is 16.7 Å². The van der Waals surface area contributed by atoms with Gasteiger partial charge >= 0.3 is 11.7 Å². The molecule has 1 aliphatic heterocycles. The van der Waals surface area contributed by atoms with Gasteiger partial charge in [0.1, 0.15) is 6.54 Å². The van der Waals surface area contributed by atoms with Gasteiger partial charge < -0.3 is 10.2 Å². The van der Waals surface area contributed by atoms with Crippen molar-refractivity contribution in [3.63, 3.8) is 0 Å². The maximum absolute atomic E-state index is 12.0. The van der Waals surface area contributed by atoms with Crippen LogP contribution in [-0.4, -0.2) is 43.7 Å². The van der Waals surface area contributed by atoms with Crippen LogP contribution in [-0.2, 0) is 9.59 Å². The van der Waals surface area contributed by atoms with Crippen molar-refractivity contribution in [3.05, 3.63) is 37.7 Å². The van der Waals surface area contributed by atoms with E-state index in [2.05, 4.69) is 0 Å². The molecule has 1 heterocycles. The third-order valence-electron chi connectivity index (χ3n) is 2.73. The first-order valence-corrected chi connectivity index (χ1v) is 7.04. The summed E-state index contributed by atoms with van der Waals surface area (Å²) < 4.78 is 0. The summed E-state index contributed by atoms with van der Waals surface area (Å²) >= 11 is 6.18. The molecule has 23 heavy (non-hydrogen) atoms. The molecule has 0 bridgehead atoms. The van der Waals surface area contributed by atoms with Gasteiger partial charge in [0.05, 0.1) is 9.83 Å². The Balaban J connectivity index is 2.44. The van der Waals surface area contributed by atoms with Crippen LogP contribution in [0.15, 0.2) is 17.0 Å². The van der Waals surface area contributed by atoms with Gasteiger partial charge in [0.15, 0.2) is 0 Å². The summed E-state index contributed by atoms with van der Waals surface area (Å²) in [7, 11) is 0. The van der Waals surface area contributed by atoms with E-state index in [1.807, 2.05) is 0 Å². The quantitative estimate of drug-likeness (QED) is 0.474. The molecule has 1 aliphatic rings. The van der Waals surface area contributed by atoms with Gasteiger partial charge in [0, 0.05) is 16.7 Å². The number of rotatable bonds is 4. The fourth-order valence-electron chi connectivity index (χ4n) is 1.77. The lowest BCUT2D eigenvalue weighted by Gasteiger charge is -2.07. The van der Waals surface area contributed by atoms with Crippen molar-refractivity contribution < 1.29 is 29.5 Å². The third-order valence-corrected chi connectivity index (χ3v) is 3.86. The van der Waals surface area contributed by atoms with E-state index in [0.29, 0.717) is 16.7 Å². The lowest BCUT2D eigenvalue weighted by molar-refractivity contribution is -0.385. The number of carboxylic acids is 1. The van der Waals surface area contributed by atoms with Crippen LogP contribution in [0.25, 0.3) is 6.08 Å². The average Bonchev–Trinajstić information content (AvgIpc) is 2.69. The Morgan fingerprint density at radius 3 is 2.65 bits per heavy atom. The molecule has 0 atom stereocenters. The SMILES string of the molecule is O=C(O)CN1C(=O)S/C(=C/c2cc(Cl)cc([N+](=O)[O-])c2O)C1=O. The molecule has 2 N–H and O–H groups in total. The number of nitro groups is 1. The predicted molar refractivity (Wildman–Crippen MR) is 80.1 cm³/mol. The second-order valence-corrected chi connectivity index (χ2v) is 5.71. The molecule has 0 spiro atoms. The molecule has 120 valence electrons. The molecule has 0 aromatic heterocycles. The standard InChI is InChI=1S/C12H7ClN2O7S/c13-6-1-5(10(18)7(3-6)15(21)22)2-8-11(19)14(4-9(16)17)12(20)23-8/h1-3,18H,4H2,(H,16,17)/b8-2+. The number of phenolic OH excluding ortho intramolecular Hbond substituents is 1. The molecule has 1 fully saturated rings. The first kappa shape index (κ1) is 16.8. The monoisotopic (exact) mass is 358 g/mol. The zero-order valence-electron chi connectivity index (χ0n) is 11.1. The van der Waals surface area contributed by atoms with E-state index in [1.165, 1.54) is 6.07 Å². The molecule has 1 saturated heterocycles. The minimum Gasteiger partial charge on any atom is -0.502 e. The molecule has 1 aromatic carbocycles. The van der Waals surface area contributed by atoms with Crippen molar-refractivity contribution in [1.82, 2.24) is 4.90 Å². The smallest absolute Gasteiger partial charge is 0.323 e. The zero-order chi connectivity index (χ0) is 17.3. The summed E-state index contributed by atoms with van der Waals surface area (Å²) in [4.78, 5) is 44.5. The summed E-state index contributed by atoms with van der Waals surface area (Å²) in [6, 6.07) is 2.11. The number of carboxylic acid groups (broad SMARTS) is 1. The summed E-state index contributed by atoms with van der Waals surface area (Å²) in [5.41, 5.74) is -0.793. The van der Waals surface area contributed by atoms with E-state index < -0.39 is 40.0 Å². The van der Waals surface area contributed by atoms with E-state index >= 15 is 0 Å². The first-order chi connectivity index (χ1) is 10.7. The number of amides is 2. The van der Waals surface area contributed by atoms with Gasteiger partial charge in [-0.15, -0.1) is 0 Å². The van der Waals surface area contributed by atoms with Gasteiger partial charge in [0.2, 0.25) is 5.75 Å². The molecule has 0 aliphatic carbocycles. The van der Waals surface area contributed by atoms with Gasteiger partial charge in [-0.25, -0.2) is 0 Å². The number of hydrogen-bond donors (Lipinski definition) is 2. The second kappa shape index (κ2) is 6.26. The van der Waals surface area contributed by atoms with Crippen molar-refractivity contribution in [2.75, 3.05) is 6.54 Å². The Bertz CT molecular complexity index is 777. The van der Waals surface area contributed by atoms with Crippen LogP contribution in [0.3, 0.4) is 0 Å². The number of carbonyl (C=O) groups excluding carboxylic acids is 2. The highest BCUT2D eigenvalue weighted by atomic mass is 35.5. The van der Waals surface area contributed by atoms with Crippen LogP contribution in [0.5, 0.6) is 5.75 Å². The molecule has 9 nitrogen and oxygen atoms in total. The number of aromatic hydroxyl groups is 1. The molecule has 0 radical (unpaired) electrons. The summed E-state index contributed by atoms with van der Waals surface area (Å²) in [5.74, 6) is -2.95. The Labute approximate surface area is 137 Å². The molecule has 2 amide bonds. The van der Waals surface area contributed by atoms with E-state index in [0.717, 1.165) is 12.1 Å². The Morgan fingerprint density at radius 2 is 2.09 bits per heavy atom. The highest BCUT2D eigenvalue weighted by Gasteiger charge is 2.36. The van der Waals surface area contributed by atoms with Crippen molar-refractivity contribution >= 4 is 52.2 Å². The number of nitro benzene ring substituents is 1. The Hall–Kier alpha value is -2.59. The topological polar surface area (TPSA) is 138 Å². The van der Waals surface area contributed by atoms with Crippen LogP contribution in [0.4, 0.5) is 10.5 Å². The number of nitrogens with zero attached hydrogens (tertiary/aromatic N) is 2. The second-order valence-electron chi connectivity index (χ2n) is 4.28. The average molecular weight is 359 g/mol. The minimum atomic E-state index is -1.37. The zero-order valence-corrected chi connectivity index (χ0v) is 12.6. The van der Waals surface area contributed by atoms with Gasteiger partial charge in [-0.3, -0.25) is 29.4 Å². The van der Waals surface area contributed by atoms with Crippen molar-refractivity contribution in [1.29, 1.82) is 0 Å². The highest BCUT2D eigenvalue weighted by Crippen LogP contribution is 2.38. The number of thioether (sulfide) groups is 1. The number of hydrogen-bond acceptors (Lipinski definition) is 7. The summed E-state index contributed by atoms with van der Waals surface area (Å²) in [6.45, 7) is -0.802. The first-order valence-electron chi connectivity index (χ1n) is 5.84. The van der Waals surface area contributed by atoms with Gasteiger partial charge in [0.25, 0.3) is 11.1 Å². The van der Waals surface area contributed by atoms with E-state index in [-0.39, 0.29) is 15.5 Å². The van der Waals surface area contributed by atoms with Crippen LogP contribution < -0.4 is 0 Å². The molecular formula is C12H7ClN2O7S. The molecule has 11 heteroatoms. The number of aliphatic carboxylic acids is 1. The van der Waals surface area contributed by atoms with E-state index in [1.54, 1.807) is 0 Å². The fraction of sp³-hybridized carbons (Fsp3) is 0.0833. The maximum atomic E-state index is 12.0. The molecular weight excluding hydrogens is 352 g/mol. The Morgan fingerprint density at radius 1 is 1.43 bits per heavy atom. The van der Waals surface area contributed by atoms with E-state index in [9.17, 15) is 29.6 Å². The van der Waals surface area contributed by atoms with Crippen LogP contribution >= 0.6 is 23.4 Å². The lowest BCUT2D eigenvalue weighted by Crippen LogP contribution is -2.33. The fourth-order valence-corrected chi connectivity index (χ4v) is 2.82. The highest BCUT2D eigenvalue weighted by molar-refractivity contribution is 8.18. The number of carbonyl (C=O) groups is 3. The summed E-state index contributed by atoms with van der Waals surface area (Å²) in [5, 5.41) is 28.5. The van der Waals surface area contributed by atoms with Crippen molar-refractivity contribution in [2.24, 2.45) is 0 Å². The number of benzene rings is 1. The van der Waals surface area contributed by atoms with Crippen LogP contribution in [0.2, 0.25) is 5.02 Å². The van der Waals surface area contributed by atoms with Gasteiger partial charge in [-0.2, -0.15) is 0 Å². The van der Waals surface area contributed by atoms with Gasteiger partial charge in [-0.05, 0) is 23.9 Å². The van der Waals surface area contributed by atoms with Gasteiger partial charge in [-0.1, -0.05) is 11.6 Å². The maximum Gasteiger partial charge on any atom is 0.323 e. The molecule has 2 rings (SSSR count). The predicted octanol–water partition coefficient (Wildman–Crippen LogP) is 2.07. The molecule has 0 unspecified atom stereocenters. The minimum absolute atomic E-state index is 0.0504. The normalized spacial score (nSPS) is 16.2. The summed E-state index contributed by atoms with van der Waals surface area (Å²) in [6.07, 6.45) is 1.04. The molecule has 1 aromatic rings. The van der Waals surface area contributed by atoms with Crippen molar-refractivity contribution in [3.8, 4) is 5.75 Å². The third kappa shape index (κ3) is 3.43. The number of phenols is 1. The largest absolute Gasteiger partial charge is 0.502 e. The number of imide groups is 1. The van der Waals surface area contributed by atoms with Crippen LogP contribution in [0.1, 0.15) is 5.56 Å².